The van der Waals surface area contributed by atoms with Gasteiger partial charge in [-0.05, 0) is 62.7 Å². The molecule has 4 rings (SSSR count). The van der Waals surface area contributed by atoms with E-state index in [2.05, 4.69) is 44.3 Å². The molecule has 0 atom stereocenters. The molecule has 0 aliphatic carbocycles. The van der Waals surface area contributed by atoms with Crippen LogP contribution in [0.3, 0.4) is 0 Å². The maximum absolute atomic E-state index is 14.0. The van der Waals surface area contributed by atoms with Gasteiger partial charge in [-0.15, -0.1) is 0 Å². The number of aromatic nitrogens is 2. The summed E-state index contributed by atoms with van der Waals surface area (Å²) in [6.45, 7) is 4.21. The van der Waals surface area contributed by atoms with Crippen LogP contribution in [0.2, 0.25) is 10.0 Å². The Morgan fingerprint density at radius 3 is 2.44 bits per heavy atom. The first-order chi connectivity index (χ1) is 15.5. The lowest BCUT2D eigenvalue weighted by molar-refractivity contribution is 0.313. The van der Waals surface area contributed by atoms with Crippen LogP contribution in [0.4, 0.5) is 21.7 Å². The highest BCUT2D eigenvalue weighted by Gasteiger charge is 2.14. The molecule has 1 N–H and O–H groups in total. The SMILES string of the molecule is CN1CCN(c2ccc(Nc3ncc(Cl)c(CCCc4c(F)cccc4Cl)n3)cc2)CC1. The van der Waals surface area contributed by atoms with Gasteiger partial charge >= 0.3 is 0 Å². The fraction of sp³-hybridized carbons (Fsp3) is 0.333. The second-order valence-corrected chi connectivity index (χ2v) is 8.82. The molecule has 168 valence electrons. The van der Waals surface area contributed by atoms with E-state index in [0.29, 0.717) is 40.8 Å². The van der Waals surface area contributed by atoms with E-state index in [0.717, 1.165) is 37.6 Å². The molecule has 2 aromatic carbocycles. The lowest BCUT2D eigenvalue weighted by atomic mass is 10.1. The molecular formula is C24H26Cl2FN5. The molecule has 0 radical (unpaired) electrons. The first-order valence-corrected chi connectivity index (χ1v) is 11.5. The molecule has 0 unspecified atom stereocenters. The molecule has 0 amide bonds. The van der Waals surface area contributed by atoms with Crippen LogP contribution in [0, 0.1) is 5.82 Å². The van der Waals surface area contributed by atoms with E-state index in [-0.39, 0.29) is 5.82 Å². The molecule has 1 aliphatic rings. The minimum Gasteiger partial charge on any atom is -0.369 e. The van der Waals surface area contributed by atoms with Gasteiger partial charge in [0.15, 0.2) is 0 Å². The van der Waals surface area contributed by atoms with Crippen molar-refractivity contribution < 1.29 is 4.39 Å². The van der Waals surface area contributed by atoms with Crippen molar-refractivity contribution >= 4 is 40.5 Å². The van der Waals surface area contributed by atoms with Crippen LogP contribution in [0.1, 0.15) is 17.7 Å². The predicted octanol–water partition coefficient (Wildman–Crippen LogP) is 5.59. The summed E-state index contributed by atoms with van der Waals surface area (Å²) in [6, 6.07) is 13.0. The van der Waals surface area contributed by atoms with Crippen molar-refractivity contribution in [2.45, 2.75) is 19.3 Å². The van der Waals surface area contributed by atoms with Gasteiger partial charge in [0.2, 0.25) is 5.95 Å². The normalized spacial score (nSPS) is 14.6. The largest absolute Gasteiger partial charge is 0.369 e. The monoisotopic (exact) mass is 473 g/mol. The van der Waals surface area contributed by atoms with Crippen molar-refractivity contribution in [3.8, 4) is 0 Å². The summed E-state index contributed by atoms with van der Waals surface area (Å²) in [5, 5.41) is 4.19. The van der Waals surface area contributed by atoms with Gasteiger partial charge in [-0.3, -0.25) is 0 Å². The average Bonchev–Trinajstić information content (AvgIpc) is 2.79. The Morgan fingerprint density at radius 2 is 1.72 bits per heavy atom. The Kier molecular flexibility index (Phi) is 7.45. The smallest absolute Gasteiger partial charge is 0.227 e. The lowest BCUT2D eigenvalue weighted by Gasteiger charge is -2.34. The zero-order chi connectivity index (χ0) is 22.5. The number of rotatable bonds is 7. The number of anilines is 3. The number of hydrogen-bond donors (Lipinski definition) is 1. The van der Waals surface area contributed by atoms with E-state index in [4.69, 9.17) is 23.2 Å². The fourth-order valence-corrected chi connectivity index (χ4v) is 4.23. The Hall–Kier alpha value is -2.41. The highest BCUT2D eigenvalue weighted by molar-refractivity contribution is 6.31. The quantitative estimate of drug-likeness (QED) is 0.484. The van der Waals surface area contributed by atoms with Crippen molar-refractivity contribution in [3.63, 3.8) is 0 Å². The first-order valence-electron chi connectivity index (χ1n) is 10.7. The zero-order valence-corrected chi connectivity index (χ0v) is 19.5. The number of hydrogen-bond acceptors (Lipinski definition) is 5. The second kappa shape index (κ2) is 10.5. The number of likely N-dealkylation sites (N-methyl/N-ethyl adjacent to an activating group) is 1. The summed E-state index contributed by atoms with van der Waals surface area (Å²) >= 11 is 12.4. The molecule has 0 spiro atoms. The van der Waals surface area contributed by atoms with Crippen molar-refractivity contribution in [2.24, 2.45) is 0 Å². The second-order valence-electron chi connectivity index (χ2n) is 8.00. The maximum atomic E-state index is 14.0. The fourth-order valence-electron chi connectivity index (χ4n) is 3.79. The third-order valence-corrected chi connectivity index (χ3v) is 6.38. The summed E-state index contributed by atoms with van der Waals surface area (Å²) in [5.74, 6) is 0.203. The molecule has 32 heavy (non-hydrogen) atoms. The van der Waals surface area contributed by atoms with Crippen LogP contribution in [0.15, 0.2) is 48.7 Å². The molecule has 0 saturated carbocycles. The summed E-state index contributed by atoms with van der Waals surface area (Å²) in [5.41, 5.74) is 3.38. The van der Waals surface area contributed by atoms with E-state index < -0.39 is 0 Å². The number of nitrogens with one attached hydrogen (secondary N) is 1. The van der Waals surface area contributed by atoms with Gasteiger partial charge in [0.05, 0.1) is 16.9 Å². The maximum Gasteiger partial charge on any atom is 0.227 e. The van der Waals surface area contributed by atoms with Gasteiger partial charge in [-0.1, -0.05) is 29.3 Å². The van der Waals surface area contributed by atoms with Crippen LogP contribution in [-0.2, 0) is 12.8 Å². The molecule has 5 nitrogen and oxygen atoms in total. The molecule has 2 heterocycles. The van der Waals surface area contributed by atoms with Gasteiger partial charge in [-0.2, -0.15) is 0 Å². The van der Waals surface area contributed by atoms with Crippen LogP contribution < -0.4 is 10.2 Å². The Bertz CT molecular complexity index is 1030. The van der Waals surface area contributed by atoms with Crippen molar-refractivity contribution in [1.29, 1.82) is 0 Å². The van der Waals surface area contributed by atoms with Gasteiger partial charge < -0.3 is 15.1 Å². The zero-order valence-electron chi connectivity index (χ0n) is 18.0. The predicted molar refractivity (Wildman–Crippen MR) is 130 cm³/mol. The van der Waals surface area contributed by atoms with Crippen molar-refractivity contribution in [1.82, 2.24) is 14.9 Å². The summed E-state index contributed by atoms with van der Waals surface area (Å²) in [6.07, 6.45) is 3.39. The Labute approximate surface area is 198 Å². The van der Waals surface area contributed by atoms with Crippen LogP contribution in [0.5, 0.6) is 0 Å². The van der Waals surface area contributed by atoms with Crippen LogP contribution in [-0.4, -0.2) is 48.1 Å². The van der Waals surface area contributed by atoms with Gasteiger partial charge in [0.1, 0.15) is 5.82 Å². The number of piperazine rings is 1. The van der Waals surface area contributed by atoms with Gasteiger partial charge in [0, 0.05) is 48.1 Å². The molecule has 8 heteroatoms. The lowest BCUT2D eigenvalue weighted by Crippen LogP contribution is -2.44. The number of halogens is 3. The highest BCUT2D eigenvalue weighted by Crippen LogP contribution is 2.24. The molecule has 1 aliphatic heterocycles. The van der Waals surface area contributed by atoms with E-state index in [1.807, 2.05) is 12.1 Å². The van der Waals surface area contributed by atoms with Gasteiger partial charge in [0.25, 0.3) is 0 Å². The minimum absolute atomic E-state index is 0.284. The number of aryl methyl sites for hydroxylation is 1. The van der Waals surface area contributed by atoms with E-state index in [1.54, 1.807) is 18.3 Å². The van der Waals surface area contributed by atoms with Crippen molar-refractivity contribution in [3.05, 3.63) is 75.8 Å². The third-order valence-electron chi connectivity index (χ3n) is 5.71. The van der Waals surface area contributed by atoms with E-state index in [1.165, 1.54) is 11.8 Å². The van der Waals surface area contributed by atoms with Crippen LogP contribution in [0.25, 0.3) is 0 Å². The molecule has 1 aromatic heterocycles. The Balaban J connectivity index is 1.37. The van der Waals surface area contributed by atoms with Crippen molar-refractivity contribution in [2.75, 3.05) is 43.4 Å². The number of nitrogens with zero attached hydrogens (tertiary/aromatic N) is 4. The molecular weight excluding hydrogens is 448 g/mol. The summed E-state index contributed by atoms with van der Waals surface area (Å²) < 4.78 is 14.0. The topological polar surface area (TPSA) is 44.3 Å². The summed E-state index contributed by atoms with van der Waals surface area (Å²) in [4.78, 5) is 13.6. The number of benzene rings is 2. The van der Waals surface area contributed by atoms with E-state index >= 15 is 0 Å². The Morgan fingerprint density at radius 1 is 0.969 bits per heavy atom. The average molecular weight is 474 g/mol. The molecule has 1 fully saturated rings. The van der Waals surface area contributed by atoms with Gasteiger partial charge in [-0.25, -0.2) is 14.4 Å². The van der Waals surface area contributed by atoms with Crippen LogP contribution >= 0.6 is 23.2 Å². The summed E-state index contributed by atoms with van der Waals surface area (Å²) in [7, 11) is 2.15. The highest BCUT2D eigenvalue weighted by atomic mass is 35.5. The molecule has 1 saturated heterocycles. The molecule has 3 aromatic rings. The molecule has 0 bridgehead atoms. The minimum atomic E-state index is -0.284. The van der Waals surface area contributed by atoms with E-state index in [9.17, 15) is 4.39 Å². The standard InChI is InChI=1S/C24H26Cl2FN5/c1-31-12-14-32(15-13-31)18-10-8-17(9-11-18)29-24-28-16-21(26)23(30-24)7-2-4-19-20(25)5-3-6-22(19)27/h3,5-6,8-11,16H,2,4,7,12-15H2,1H3,(H,28,29,30). The first kappa shape index (κ1) is 22.8. The third kappa shape index (κ3) is 5.68.